The first-order chi connectivity index (χ1) is 9.10. The van der Waals surface area contributed by atoms with Crippen molar-refractivity contribution in [2.45, 2.75) is 65.7 Å². The van der Waals surface area contributed by atoms with Crippen molar-refractivity contribution < 1.29 is 4.79 Å². The molecule has 0 fully saturated rings. The molecule has 0 aliphatic heterocycles. The molecule has 1 rings (SSSR count). The fourth-order valence-corrected chi connectivity index (χ4v) is 3.12. The summed E-state index contributed by atoms with van der Waals surface area (Å²) in [7, 11) is 0. The van der Waals surface area contributed by atoms with Crippen LogP contribution in [0.1, 0.15) is 69.9 Å². The number of carbonyl (C=O) groups is 1. The van der Waals surface area contributed by atoms with Crippen LogP contribution < -0.4 is 0 Å². The van der Waals surface area contributed by atoms with Gasteiger partial charge in [-0.1, -0.05) is 51.0 Å². The molecule has 0 bridgehead atoms. The lowest BCUT2D eigenvalue weighted by atomic mass is 9.77. The van der Waals surface area contributed by atoms with Crippen molar-refractivity contribution in [1.29, 1.82) is 0 Å². The summed E-state index contributed by atoms with van der Waals surface area (Å²) < 4.78 is 0. The molecular formula is C18H28O. The van der Waals surface area contributed by atoms with Crippen molar-refractivity contribution >= 4 is 5.78 Å². The molecule has 0 spiro atoms. The van der Waals surface area contributed by atoms with E-state index < -0.39 is 0 Å². The molecule has 0 saturated heterocycles. The molecule has 2 atom stereocenters. The lowest BCUT2D eigenvalue weighted by Crippen LogP contribution is -2.15. The van der Waals surface area contributed by atoms with Gasteiger partial charge in [0.05, 0.1) is 0 Å². The first-order valence-electron chi connectivity index (χ1n) is 7.65. The number of benzene rings is 1. The zero-order chi connectivity index (χ0) is 14.3. The third-order valence-corrected chi connectivity index (χ3v) is 4.12. The Hall–Kier alpha value is -1.11. The van der Waals surface area contributed by atoms with Gasteiger partial charge in [-0.3, -0.25) is 0 Å². The monoisotopic (exact) mass is 260 g/mol. The molecule has 19 heavy (non-hydrogen) atoms. The van der Waals surface area contributed by atoms with Crippen LogP contribution >= 0.6 is 0 Å². The van der Waals surface area contributed by atoms with Crippen molar-refractivity contribution in [1.82, 2.24) is 0 Å². The Balaban J connectivity index is 2.89. The molecule has 1 aromatic rings. The summed E-state index contributed by atoms with van der Waals surface area (Å²) in [6, 6.07) is 8.71. The molecule has 2 unspecified atom stereocenters. The highest BCUT2D eigenvalue weighted by Gasteiger charge is 2.22. The average molecular weight is 260 g/mol. The Labute approximate surface area is 118 Å². The summed E-state index contributed by atoms with van der Waals surface area (Å²) in [6.45, 7) is 8.42. The molecule has 1 heteroatoms. The zero-order valence-electron chi connectivity index (χ0n) is 12.9. The fraction of sp³-hybridized carbons (Fsp3) is 0.611. The molecule has 0 N–H and O–H groups in total. The highest BCUT2D eigenvalue weighted by Crippen LogP contribution is 2.35. The van der Waals surface area contributed by atoms with Crippen LogP contribution in [-0.2, 0) is 4.79 Å². The van der Waals surface area contributed by atoms with Crippen molar-refractivity contribution in [2.75, 3.05) is 0 Å². The molecule has 0 aliphatic carbocycles. The minimum Gasteiger partial charge on any atom is -0.300 e. The Kier molecular flexibility index (Phi) is 6.83. The van der Waals surface area contributed by atoms with E-state index in [-0.39, 0.29) is 0 Å². The van der Waals surface area contributed by atoms with E-state index in [1.807, 2.05) is 0 Å². The van der Waals surface area contributed by atoms with E-state index in [1.54, 1.807) is 6.92 Å². The molecule has 0 heterocycles. The molecular weight excluding hydrogens is 232 g/mol. The van der Waals surface area contributed by atoms with Gasteiger partial charge in [0.15, 0.2) is 0 Å². The molecule has 0 radical (unpaired) electrons. The van der Waals surface area contributed by atoms with E-state index in [4.69, 9.17) is 0 Å². The van der Waals surface area contributed by atoms with Gasteiger partial charge in [-0.05, 0) is 49.7 Å². The predicted octanol–water partition coefficient (Wildman–Crippen LogP) is 5.27. The third-order valence-electron chi connectivity index (χ3n) is 4.12. The summed E-state index contributed by atoms with van der Waals surface area (Å²) in [5.74, 6) is 1.56. The second-order valence-electron chi connectivity index (χ2n) is 5.66. The molecule has 0 amide bonds. The average Bonchev–Trinajstić information content (AvgIpc) is 2.38. The first-order valence-corrected chi connectivity index (χ1v) is 7.65. The number of hydrogen-bond acceptors (Lipinski definition) is 1. The lowest BCUT2D eigenvalue weighted by molar-refractivity contribution is -0.117. The molecule has 0 saturated carbocycles. The summed E-state index contributed by atoms with van der Waals surface area (Å²) in [4.78, 5) is 11.3. The van der Waals surface area contributed by atoms with Gasteiger partial charge in [0, 0.05) is 6.42 Å². The van der Waals surface area contributed by atoms with Crippen LogP contribution in [0.2, 0.25) is 0 Å². The van der Waals surface area contributed by atoms with Crippen LogP contribution in [0, 0.1) is 12.8 Å². The second kappa shape index (κ2) is 8.14. The number of rotatable bonds is 8. The van der Waals surface area contributed by atoms with Crippen molar-refractivity contribution in [2.24, 2.45) is 5.92 Å². The van der Waals surface area contributed by atoms with E-state index in [0.717, 1.165) is 19.3 Å². The van der Waals surface area contributed by atoms with Gasteiger partial charge in [-0.2, -0.15) is 0 Å². The van der Waals surface area contributed by atoms with Gasteiger partial charge >= 0.3 is 0 Å². The maximum atomic E-state index is 11.3. The van der Waals surface area contributed by atoms with Crippen LogP contribution in [0.25, 0.3) is 0 Å². The summed E-state index contributed by atoms with van der Waals surface area (Å²) in [5.41, 5.74) is 2.87. The van der Waals surface area contributed by atoms with E-state index >= 15 is 0 Å². The number of ketones is 1. The number of hydrogen-bond donors (Lipinski definition) is 0. The Morgan fingerprint density at radius 1 is 1.16 bits per heavy atom. The van der Waals surface area contributed by atoms with Crippen LogP contribution in [0.3, 0.4) is 0 Å². The number of carbonyl (C=O) groups excluding carboxylic acids is 1. The molecule has 106 valence electrons. The van der Waals surface area contributed by atoms with Gasteiger partial charge in [0.25, 0.3) is 0 Å². The Morgan fingerprint density at radius 3 is 2.37 bits per heavy atom. The van der Waals surface area contributed by atoms with Gasteiger partial charge in [-0.15, -0.1) is 0 Å². The van der Waals surface area contributed by atoms with Crippen LogP contribution in [-0.4, -0.2) is 5.78 Å². The van der Waals surface area contributed by atoms with Gasteiger partial charge in [-0.25, -0.2) is 0 Å². The summed E-state index contributed by atoms with van der Waals surface area (Å²) >= 11 is 0. The molecule has 0 aliphatic rings. The standard InChI is InChI=1S/C18H28O/c1-5-9-16(13-12-15(4)19)17(6-2)18-11-8-7-10-14(18)3/h7-8,10-11,16-17H,5-6,9,12-13H2,1-4H3. The summed E-state index contributed by atoms with van der Waals surface area (Å²) in [6.07, 6.45) is 5.35. The van der Waals surface area contributed by atoms with E-state index in [1.165, 1.54) is 24.0 Å². The van der Waals surface area contributed by atoms with Crippen LogP contribution in [0.4, 0.5) is 0 Å². The first kappa shape index (κ1) is 15.9. The highest BCUT2D eigenvalue weighted by atomic mass is 16.1. The molecule has 0 aromatic heterocycles. The predicted molar refractivity (Wildman–Crippen MR) is 82.5 cm³/mol. The maximum Gasteiger partial charge on any atom is 0.129 e. The van der Waals surface area contributed by atoms with Crippen molar-refractivity contribution in [3.8, 4) is 0 Å². The minimum absolute atomic E-state index is 0.320. The number of Topliss-reactive ketones (excluding diaryl/α,β-unsaturated/α-hetero) is 1. The van der Waals surface area contributed by atoms with Crippen molar-refractivity contribution in [3.63, 3.8) is 0 Å². The van der Waals surface area contributed by atoms with E-state index in [2.05, 4.69) is 45.0 Å². The third kappa shape index (κ3) is 4.81. The van der Waals surface area contributed by atoms with Gasteiger partial charge in [0.1, 0.15) is 5.78 Å². The van der Waals surface area contributed by atoms with E-state index in [0.29, 0.717) is 17.6 Å². The minimum atomic E-state index is 0.320. The lowest BCUT2D eigenvalue weighted by Gasteiger charge is -2.27. The molecule has 1 aromatic carbocycles. The van der Waals surface area contributed by atoms with Crippen LogP contribution in [0.15, 0.2) is 24.3 Å². The molecule has 1 nitrogen and oxygen atoms in total. The quantitative estimate of drug-likeness (QED) is 0.622. The second-order valence-corrected chi connectivity index (χ2v) is 5.66. The Bertz CT molecular complexity index is 394. The van der Waals surface area contributed by atoms with Crippen LogP contribution in [0.5, 0.6) is 0 Å². The van der Waals surface area contributed by atoms with Gasteiger partial charge in [0.2, 0.25) is 0 Å². The van der Waals surface area contributed by atoms with E-state index in [9.17, 15) is 4.79 Å². The highest BCUT2D eigenvalue weighted by molar-refractivity contribution is 5.75. The zero-order valence-corrected chi connectivity index (χ0v) is 12.9. The maximum absolute atomic E-state index is 11.3. The normalized spacial score (nSPS) is 14.1. The fourth-order valence-electron chi connectivity index (χ4n) is 3.12. The summed E-state index contributed by atoms with van der Waals surface area (Å²) in [5, 5.41) is 0. The topological polar surface area (TPSA) is 17.1 Å². The van der Waals surface area contributed by atoms with Crippen molar-refractivity contribution in [3.05, 3.63) is 35.4 Å². The smallest absolute Gasteiger partial charge is 0.129 e. The Morgan fingerprint density at radius 2 is 1.84 bits per heavy atom. The SMILES string of the molecule is CCCC(CCC(C)=O)C(CC)c1ccccc1C. The largest absolute Gasteiger partial charge is 0.300 e. The van der Waals surface area contributed by atoms with Gasteiger partial charge < -0.3 is 4.79 Å². The number of aryl methyl sites for hydroxylation is 1.